The first kappa shape index (κ1) is 15.9. The van der Waals surface area contributed by atoms with Gasteiger partial charge in [-0.05, 0) is 43.7 Å². The highest BCUT2D eigenvalue weighted by molar-refractivity contribution is 7.99. The average Bonchev–Trinajstić information content (AvgIpc) is 3.23. The number of thioether (sulfide) groups is 1. The number of nitrogens with zero attached hydrogens (tertiary/aromatic N) is 1. The van der Waals surface area contributed by atoms with E-state index in [1.165, 1.54) is 4.90 Å². The van der Waals surface area contributed by atoms with Gasteiger partial charge in [0.15, 0.2) is 0 Å². The number of benzene rings is 1. The molecule has 1 aromatic rings. The van der Waals surface area contributed by atoms with E-state index < -0.39 is 0 Å². The summed E-state index contributed by atoms with van der Waals surface area (Å²) >= 11 is 1.91. The number of hydrogen-bond donors (Lipinski definition) is 0. The molecule has 0 saturated carbocycles. The summed E-state index contributed by atoms with van der Waals surface area (Å²) in [4.78, 5) is 15.7. The maximum Gasteiger partial charge on any atom is 0.222 e. The number of hydrogen-bond acceptors (Lipinski definition) is 3. The summed E-state index contributed by atoms with van der Waals surface area (Å²) in [7, 11) is 0. The smallest absolute Gasteiger partial charge is 0.222 e. The molecule has 0 bridgehead atoms. The lowest BCUT2D eigenvalue weighted by atomic mass is 10.1. The van der Waals surface area contributed by atoms with E-state index in [0.29, 0.717) is 24.3 Å². The first-order chi connectivity index (χ1) is 10.8. The van der Waals surface area contributed by atoms with Crippen LogP contribution in [0.5, 0.6) is 0 Å². The molecule has 2 atom stereocenters. The van der Waals surface area contributed by atoms with Crippen LogP contribution < -0.4 is 0 Å². The molecule has 22 heavy (non-hydrogen) atoms. The highest BCUT2D eigenvalue weighted by Crippen LogP contribution is 2.26. The lowest BCUT2D eigenvalue weighted by Gasteiger charge is -2.17. The molecular weight excluding hydrogens is 294 g/mol. The van der Waals surface area contributed by atoms with Crippen molar-refractivity contribution in [1.29, 1.82) is 0 Å². The molecule has 0 spiro atoms. The Morgan fingerprint density at radius 2 is 2.14 bits per heavy atom. The quantitative estimate of drug-likeness (QED) is 0.751. The third-order valence-corrected chi connectivity index (χ3v) is 5.82. The van der Waals surface area contributed by atoms with Crippen molar-refractivity contribution in [1.82, 2.24) is 4.90 Å². The molecule has 2 heterocycles. The van der Waals surface area contributed by atoms with Gasteiger partial charge in [-0.2, -0.15) is 0 Å². The molecule has 2 aliphatic rings. The standard InChI is InChI=1S/C18H25NO2S/c20-18(9-8-16-5-4-12-21-16)19-11-10-15(13-19)14-22-17-6-2-1-3-7-17/h1-3,6-7,15-16H,4-5,8-14H2/t15-,16+/m1/s1. The number of ether oxygens (including phenoxy) is 1. The summed E-state index contributed by atoms with van der Waals surface area (Å²) in [6, 6.07) is 10.5. The van der Waals surface area contributed by atoms with Gasteiger partial charge in [0.05, 0.1) is 6.10 Å². The highest BCUT2D eigenvalue weighted by Gasteiger charge is 2.27. The summed E-state index contributed by atoms with van der Waals surface area (Å²) in [6.07, 6.45) is 5.31. The first-order valence-corrected chi connectivity index (χ1v) is 9.37. The molecule has 3 rings (SSSR count). The van der Waals surface area contributed by atoms with Crippen LogP contribution in [-0.4, -0.2) is 42.4 Å². The Morgan fingerprint density at radius 1 is 1.27 bits per heavy atom. The molecule has 120 valence electrons. The van der Waals surface area contributed by atoms with Crippen molar-refractivity contribution in [3.05, 3.63) is 30.3 Å². The lowest BCUT2D eigenvalue weighted by Crippen LogP contribution is -2.29. The zero-order valence-corrected chi connectivity index (χ0v) is 13.9. The molecular formula is C18H25NO2S. The van der Waals surface area contributed by atoms with Crippen LogP contribution >= 0.6 is 11.8 Å². The minimum absolute atomic E-state index is 0.322. The van der Waals surface area contributed by atoms with Crippen LogP contribution in [0, 0.1) is 5.92 Å². The van der Waals surface area contributed by atoms with E-state index in [0.717, 1.165) is 51.1 Å². The van der Waals surface area contributed by atoms with Crippen LogP contribution in [0.1, 0.15) is 32.1 Å². The summed E-state index contributed by atoms with van der Waals surface area (Å²) in [5.74, 6) is 2.07. The number of amides is 1. The second-order valence-electron chi connectivity index (χ2n) is 6.29. The van der Waals surface area contributed by atoms with Crippen molar-refractivity contribution in [2.75, 3.05) is 25.4 Å². The summed E-state index contributed by atoms with van der Waals surface area (Å²) < 4.78 is 5.60. The molecule has 2 saturated heterocycles. The highest BCUT2D eigenvalue weighted by atomic mass is 32.2. The van der Waals surface area contributed by atoms with E-state index in [1.54, 1.807) is 0 Å². The Bertz CT molecular complexity index is 473. The normalized spacial score (nSPS) is 24.8. The van der Waals surface area contributed by atoms with E-state index in [2.05, 4.69) is 29.2 Å². The zero-order valence-electron chi connectivity index (χ0n) is 13.1. The molecule has 3 nitrogen and oxygen atoms in total. The SMILES string of the molecule is O=C(CC[C@@H]1CCCO1)N1CC[C@@H](CSc2ccccc2)C1. The minimum atomic E-state index is 0.322. The molecule has 2 fully saturated rings. The van der Waals surface area contributed by atoms with Gasteiger partial charge in [-0.25, -0.2) is 0 Å². The second kappa shape index (κ2) is 8.02. The van der Waals surface area contributed by atoms with Gasteiger partial charge in [0.25, 0.3) is 0 Å². The number of likely N-dealkylation sites (tertiary alicyclic amines) is 1. The van der Waals surface area contributed by atoms with Crippen molar-refractivity contribution < 1.29 is 9.53 Å². The van der Waals surface area contributed by atoms with Gasteiger partial charge in [0.2, 0.25) is 5.91 Å². The van der Waals surface area contributed by atoms with Gasteiger partial charge in [-0.15, -0.1) is 11.8 Å². The Balaban J connectivity index is 1.37. The van der Waals surface area contributed by atoms with Gasteiger partial charge in [0, 0.05) is 36.8 Å². The average molecular weight is 319 g/mol. The molecule has 0 aliphatic carbocycles. The Kier molecular flexibility index (Phi) is 5.79. The van der Waals surface area contributed by atoms with E-state index >= 15 is 0 Å². The van der Waals surface area contributed by atoms with Gasteiger partial charge < -0.3 is 9.64 Å². The first-order valence-electron chi connectivity index (χ1n) is 8.38. The molecule has 1 aromatic carbocycles. The largest absolute Gasteiger partial charge is 0.378 e. The minimum Gasteiger partial charge on any atom is -0.378 e. The van der Waals surface area contributed by atoms with Gasteiger partial charge in [-0.1, -0.05) is 18.2 Å². The lowest BCUT2D eigenvalue weighted by molar-refractivity contribution is -0.130. The van der Waals surface area contributed by atoms with Gasteiger partial charge >= 0.3 is 0 Å². The summed E-state index contributed by atoms with van der Waals surface area (Å²) in [5.41, 5.74) is 0. The number of carbonyl (C=O) groups is 1. The molecule has 0 aromatic heterocycles. The summed E-state index contributed by atoms with van der Waals surface area (Å²) in [6.45, 7) is 2.75. The third-order valence-electron chi connectivity index (χ3n) is 4.57. The second-order valence-corrected chi connectivity index (χ2v) is 7.39. The van der Waals surface area contributed by atoms with Crippen LogP contribution in [0.15, 0.2) is 35.2 Å². The molecule has 0 N–H and O–H groups in total. The predicted molar refractivity (Wildman–Crippen MR) is 90.1 cm³/mol. The van der Waals surface area contributed by atoms with Crippen LogP contribution in [0.2, 0.25) is 0 Å². The van der Waals surface area contributed by atoms with Crippen molar-refractivity contribution >= 4 is 17.7 Å². The maximum atomic E-state index is 12.3. The Hall–Kier alpha value is -1.00. The number of carbonyl (C=O) groups excluding carboxylic acids is 1. The molecule has 4 heteroatoms. The van der Waals surface area contributed by atoms with Crippen LogP contribution in [-0.2, 0) is 9.53 Å². The van der Waals surface area contributed by atoms with Crippen molar-refractivity contribution in [3.8, 4) is 0 Å². The summed E-state index contributed by atoms with van der Waals surface area (Å²) in [5, 5.41) is 0. The molecule has 0 radical (unpaired) electrons. The maximum absolute atomic E-state index is 12.3. The topological polar surface area (TPSA) is 29.5 Å². The van der Waals surface area contributed by atoms with E-state index in [-0.39, 0.29) is 0 Å². The van der Waals surface area contributed by atoms with Crippen molar-refractivity contribution in [2.24, 2.45) is 5.92 Å². The van der Waals surface area contributed by atoms with E-state index in [9.17, 15) is 4.79 Å². The predicted octanol–water partition coefficient (Wildman–Crippen LogP) is 3.59. The van der Waals surface area contributed by atoms with Gasteiger partial charge in [-0.3, -0.25) is 4.79 Å². The molecule has 2 aliphatic heterocycles. The van der Waals surface area contributed by atoms with Crippen LogP contribution in [0.3, 0.4) is 0 Å². The zero-order chi connectivity index (χ0) is 15.2. The van der Waals surface area contributed by atoms with Gasteiger partial charge in [0.1, 0.15) is 0 Å². The van der Waals surface area contributed by atoms with Crippen LogP contribution in [0.4, 0.5) is 0 Å². The monoisotopic (exact) mass is 319 g/mol. The third kappa shape index (κ3) is 4.50. The fraction of sp³-hybridized carbons (Fsp3) is 0.611. The van der Waals surface area contributed by atoms with Crippen molar-refractivity contribution in [3.63, 3.8) is 0 Å². The van der Waals surface area contributed by atoms with Crippen molar-refractivity contribution in [2.45, 2.75) is 43.1 Å². The fourth-order valence-corrected chi connectivity index (χ4v) is 4.29. The van der Waals surface area contributed by atoms with Crippen LogP contribution in [0.25, 0.3) is 0 Å². The number of rotatable bonds is 6. The van der Waals surface area contributed by atoms with E-state index in [1.807, 2.05) is 17.8 Å². The molecule has 0 unspecified atom stereocenters. The Morgan fingerprint density at radius 3 is 2.91 bits per heavy atom. The fourth-order valence-electron chi connectivity index (χ4n) is 3.24. The van der Waals surface area contributed by atoms with E-state index in [4.69, 9.17) is 4.74 Å². The Labute approximate surface area is 137 Å². The molecule has 1 amide bonds.